The predicted molar refractivity (Wildman–Crippen MR) is 106 cm³/mol. The number of nitrogens with zero attached hydrogens (tertiary/aromatic N) is 3. The first kappa shape index (κ1) is 20.9. The Morgan fingerprint density at radius 1 is 1.22 bits per heavy atom. The number of hydrogen-bond donors (Lipinski definition) is 0. The van der Waals surface area contributed by atoms with Crippen molar-refractivity contribution in [2.75, 3.05) is 25.0 Å². The number of aryl methyl sites for hydroxylation is 2. The van der Waals surface area contributed by atoms with Crippen LogP contribution in [0.1, 0.15) is 23.1 Å². The van der Waals surface area contributed by atoms with Gasteiger partial charge in [-0.15, -0.1) is 0 Å². The minimum atomic E-state index is -0.391. The zero-order valence-electron chi connectivity index (χ0n) is 15.8. The van der Waals surface area contributed by atoms with Crippen molar-refractivity contribution in [3.05, 3.63) is 63.9 Å². The first-order valence-corrected chi connectivity index (χ1v) is 9.07. The van der Waals surface area contributed by atoms with Crippen LogP contribution >= 0.6 is 11.6 Å². The molecule has 0 aliphatic heterocycles. The number of carbonyl (C=O) groups excluding carboxylic acids is 1. The van der Waals surface area contributed by atoms with Crippen molar-refractivity contribution in [1.82, 2.24) is 4.90 Å². The number of halogens is 2. The Bertz CT molecular complexity index is 843. The van der Waals surface area contributed by atoms with Gasteiger partial charge in [0, 0.05) is 29.4 Å². The third-order valence-corrected chi connectivity index (χ3v) is 4.80. The van der Waals surface area contributed by atoms with Crippen molar-refractivity contribution in [1.29, 1.82) is 5.26 Å². The summed E-state index contributed by atoms with van der Waals surface area (Å²) >= 11 is 6.07. The highest BCUT2D eigenvalue weighted by Gasteiger charge is 2.19. The van der Waals surface area contributed by atoms with E-state index in [0.717, 1.165) is 16.8 Å². The van der Waals surface area contributed by atoms with E-state index >= 15 is 0 Å². The molecule has 0 N–H and O–H groups in total. The van der Waals surface area contributed by atoms with Crippen molar-refractivity contribution in [3.8, 4) is 6.07 Å². The molecule has 0 spiro atoms. The van der Waals surface area contributed by atoms with Gasteiger partial charge in [-0.25, -0.2) is 4.39 Å². The first-order chi connectivity index (χ1) is 12.8. The van der Waals surface area contributed by atoms with Gasteiger partial charge in [0.05, 0.1) is 19.0 Å². The number of carbonyl (C=O) groups is 1. The molecule has 0 radical (unpaired) electrons. The van der Waals surface area contributed by atoms with Crippen LogP contribution in [0.25, 0.3) is 0 Å². The fraction of sp³-hybridized carbons (Fsp3) is 0.333. The monoisotopic (exact) mass is 387 g/mol. The lowest BCUT2D eigenvalue weighted by atomic mass is 10.1. The zero-order chi connectivity index (χ0) is 20.0. The molecule has 2 aromatic rings. The number of likely N-dealkylation sites (N-methyl/N-ethyl adjacent to an activating group) is 1. The van der Waals surface area contributed by atoms with Crippen LogP contribution in [0.15, 0.2) is 36.4 Å². The summed E-state index contributed by atoms with van der Waals surface area (Å²) in [5, 5.41) is 9.26. The molecule has 0 aromatic heterocycles. The molecule has 0 unspecified atom stereocenters. The van der Waals surface area contributed by atoms with Gasteiger partial charge in [0.2, 0.25) is 5.91 Å². The summed E-state index contributed by atoms with van der Waals surface area (Å²) in [4.78, 5) is 16.2. The Morgan fingerprint density at radius 3 is 2.59 bits per heavy atom. The predicted octanol–water partition coefficient (Wildman–Crippen LogP) is 4.47. The lowest BCUT2D eigenvalue weighted by molar-refractivity contribution is -0.119. The van der Waals surface area contributed by atoms with E-state index in [1.165, 1.54) is 6.07 Å². The second-order valence-electron chi connectivity index (χ2n) is 6.59. The van der Waals surface area contributed by atoms with Crippen molar-refractivity contribution >= 4 is 23.2 Å². The van der Waals surface area contributed by atoms with E-state index < -0.39 is 5.82 Å². The summed E-state index contributed by atoms with van der Waals surface area (Å²) in [5.74, 6) is -0.541. The van der Waals surface area contributed by atoms with E-state index in [0.29, 0.717) is 17.1 Å². The molecule has 0 saturated carbocycles. The molecule has 0 fully saturated rings. The van der Waals surface area contributed by atoms with Gasteiger partial charge in [0.1, 0.15) is 5.82 Å². The van der Waals surface area contributed by atoms with E-state index in [1.54, 1.807) is 29.0 Å². The molecule has 0 bridgehead atoms. The molecule has 0 aliphatic carbocycles. The first-order valence-electron chi connectivity index (χ1n) is 8.69. The number of rotatable bonds is 7. The van der Waals surface area contributed by atoms with Gasteiger partial charge < -0.3 is 4.90 Å². The Kier molecular flexibility index (Phi) is 7.35. The minimum Gasteiger partial charge on any atom is -0.310 e. The highest BCUT2D eigenvalue weighted by Crippen LogP contribution is 2.22. The van der Waals surface area contributed by atoms with Gasteiger partial charge in [-0.2, -0.15) is 5.26 Å². The molecule has 142 valence electrons. The molecule has 2 rings (SSSR count). The zero-order valence-corrected chi connectivity index (χ0v) is 16.6. The average molecular weight is 388 g/mol. The molecule has 27 heavy (non-hydrogen) atoms. The maximum absolute atomic E-state index is 14.0. The molecule has 0 heterocycles. The van der Waals surface area contributed by atoms with Crippen molar-refractivity contribution < 1.29 is 9.18 Å². The van der Waals surface area contributed by atoms with Crippen molar-refractivity contribution in [2.24, 2.45) is 0 Å². The Hall–Kier alpha value is -2.42. The summed E-state index contributed by atoms with van der Waals surface area (Å²) in [5.41, 5.74) is 3.34. The fourth-order valence-corrected chi connectivity index (χ4v) is 3.00. The van der Waals surface area contributed by atoms with E-state index in [-0.39, 0.29) is 25.4 Å². The molecular formula is C21H23ClFN3O. The van der Waals surface area contributed by atoms with Gasteiger partial charge in [-0.1, -0.05) is 23.7 Å². The molecule has 0 aliphatic rings. The highest BCUT2D eigenvalue weighted by molar-refractivity contribution is 6.31. The van der Waals surface area contributed by atoms with Crippen molar-refractivity contribution in [3.63, 3.8) is 0 Å². The third kappa shape index (κ3) is 5.53. The van der Waals surface area contributed by atoms with E-state index in [9.17, 15) is 9.18 Å². The van der Waals surface area contributed by atoms with Crippen LogP contribution < -0.4 is 4.90 Å². The lowest BCUT2D eigenvalue weighted by Gasteiger charge is -2.26. The SMILES string of the molecule is Cc1ccc(N(CCC#N)C(=O)CN(C)Cc2c(F)cccc2Cl)cc1C. The summed E-state index contributed by atoms with van der Waals surface area (Å²) in [7, 11) is 1.74. The number of benzene rings is 2. The molecule has 0 atom stereocenters. The van der Waals surface area contributed by atoms with Gasteiger partial charge >= 0.3 is 0 Å². The average Bonchev–Trinajstić information content (AvgIpc) is 2.61. The Labute approximate surface area is 164 Å². The Balaban J connectivity index is 2.15. The van der Waals surface area contributed by atoms with Gasteiger partial charge in [0.25, 0.3) is 0 Å². The largest absolute Gasteiger partial charge is 0.310 e. The molecule has 4 nitrogen and oxygen atoms in total. The lowest BCUT2D eigenvalue weighted by Crippen LogP contribution is -2.39. The second-order valence-corrected chi connectivity index (χ2v) is 7.00. The second kappa shape index (κ2) is 9.50. The van der Waals surface area contributed by atoms with Gasteiger partial charge in [-0.05, 0) is 56.3 Å². The molecule has 0 saturated heterocycles. The fourth-order valence-electron chi connectivity index (χ4n) is 2.78. The summed E-state index contributed by atoms with van der Waals surface area (Å²) in [6.07, 6.45) is 0.238. The van der Waals surface area contributed by atoms with E-state index in [4.69, 9.17) is 16.9 Å². The summed E-state index contributed by atoms with van der Waals surface area (Å²) in [6, 6.07) is 12.4. The van der Waals surface area contributed by atoms with Crippen LogP contribution in [0.3, 0.4) is 0 Å². The summed E-state index contributed by atoms with van der Waals surface area (Å²) in [6.45, 7) is 4.61. The van der Waals surface area contributed by atoms with Crippen LogP contribution in [0.4, 0.5) is 10.1 Å². The molecule has 2 aromatic carbocycles. The maximum atomic E-state index is 14.0. The van der Waals surface area contributed by atoms with Crippen LogP contribution in [0.2, 0.25) is 5.02 Å². The van der Waals surface area contributed by atoms with Crippen LogP contribution in [-0.4, -0.2) is 30.9 Å². The topological polar surface area (TPSA) is 47.3 Å². The van der Waals surface area contributed by atoms with E-state index in [1.807, 2.05) is 32.0 Å². The van der Waals surface area contributed by atoms with Crippen LogP contribution in [0.5, 0.6) is 0 Å². The minimum absolute atomic E-state index is 0.0863. The molecule has 1 amide bonds. The smallest absolute Gasteiger partial charge is 0.241 e. The number of anilines is 1. The van der Waals surface area contributed by atoms with E-state index in [2.05, 4.69) is 6.07 Å². The van der Waals surface area contributed by atoms with Crippen LogP contribution in [0, 0.1) is 31.0 Å². The standard InChI is InChI=1S/C21H23ClFN3O/c1-15-8-9-17(12-16(15)2)26(11-5-10-24)21(27)14-25(3)13-18-19(22)6-4-7-20(18)23/h4,6-9,12H,5,11,13-14H2,1-3H3. The maximum Gasteiger partial charge on any atom is 0.241 e. The number of nitriles is 1. The highest BCUT2D eigenvalue weighted by atomic mass is 35.5. The number of amides is 1. The van der Waals surface area contributed by atoms with Gasteiger partial charge in [0.15, 0.2) is 0 Å². The van der Waals surface area contributed by atoms with Crippen LogP contribution in [-0.2, 0) is 11.3 Å². The third-order valence-electron chi connectivity index (χ3n) is 4.45. The quantitative estimate of drug-likeness (QED) is 0.704. The molecule has 6 heteroatoms. The normalized spacial score (nSPS) is 10.7. The number of hydrogen-bond acceptors (Lipinski definition) is 3. The van der Waals surface area contributed by atoms with Crippen molar-refractivity contribution in [2.45, 2.75) is 26.8 Å². The Morgan fingerprint density at radius 2 is 1.96 bits per heavy atom. The molecular weight excluding hydrogens is 365 g/mol. The van der Waals surface area contributed by atoms with Gasteiger partial charge in [-0.3, -0.25) is 9.69 Å². The summed E-state index contributed by atoms with van der Waals surface area (Å²) < 4.78 is 14.0.